The Bertz CT molecular complexity index is 709. The number of ether oxygens (including phenoxy) is 2. The minimum atomic E-state index is -0.307. The van der Waals surface area contributed by atoms with Crippen LogP contribution in [0.2, 0.25) is 0 Å². The average molecular weight is 326 g/mol. The van der Waals surface area contributed by atoms with Crippen LogP contribution in [-0.4, -0.2) is 25.3 Å². The van der Waals surface area contributed by atoms with E-state index in [1.165, 1.54) is 0 Å². The van der Waals surface area contributed by atoms with Gasteiger partial charge in [-0.15, -0.1) is 0 Å². The van der Waals surface area contributed by atoms with Gasteiger partial charge >= 0.3 is 0 Å². The van der Waals surface area contributed by atoms with Crippen LogP contribution in [-0.2, 0) is 4.79 Å². The van der Waals surface area contributed by atoms with Gasteiger partial charge in [-0.2, -0.15) is 5.10 Å². The van der Waals surface area contributed by atoms with Crippen LogP contribution < -0.4 is 14.9 Å². The fourth-order valence-corrected chi connectivity index (χ4v) is 2.03. The fourth-order valence-electron chi connectivity index (χ4n) is 2.03. The molecule has 2 aromatic rings. The van der Waals surface area contributed by atoms with Crippen LogP contribution in [0.15, 0.2) is 47.6 Å². The van der Waals surface area contributed by atoms with Crippen molar-refractivity contribution in [3.8, 4) is 11.5 Å². The lowest BCUT2D eigenvalue weighted by Crippen LogP contribution is -2.24. The number of hydrogen-bond acceptors (Lipinski definition) is 4. The Balaban J connectivity index is 1.81. The number of hydrogen-bond donors (Lipinski definition) is 1. The van der Waals surface area contributed by atoms with E-state index in [1.54, 1.807) is 6.21 Å². The summed E-state index contributed by atoms with van der Waals surface area (Å²) in [4.78, 5) is 11.8. The molecule has 0 aliphatic rings. The number of aryl methyl sites for hydroxylation is 2. The highest BCUT2D eigenvalue weighted by Gasteiger charge is 2.04. The third-order valence-electron chi connectivity index (χ3n) is 3.30. The lowest BCUT2D eigenvalue weighted by molar-refractivity contribution is -0.123. The van der Waals surface area contributed by atoms with E-state index in [1.807, 2.05) is 63.2 Å². The number of amides is 1. The van der Waals surface area contributed by atoms with Crippen LogP contribution in [0.5, 0.6) is 11.5 Å². The Kier molecular flexibility index (Phi) is 6.37. The SMILES string of the molecule is CCOc1ccc(/C=N\NC(=O)COc2cc(C)ccc2C)cc1. The summed E-state index contributed by atoms with van der Waals surface area (Å²) in [6.45, 7) is 6.41. The van der Waals surface area contributed by atoms with Crippen LogP contribution in [0.4, 0.5) is 0 Å². The zero-order chi connectivity index (χ0) is 17.4. The number of hydrazone groups is 1. The number of rotatable bonds is 7. The molecule has 1 amide bonds. The van der Waals surface area contributed by atoms with E-state index in [0.29, 0.717) is 12.4 Å². The first kappa shape index (κ1) is 17.5. The molecule has 0 spiro atoms. The largest absolute Gasteiger partial charge is 0.494 e. The highest BCUT2D eigenvalue weighted by molar-refractivity contribution is 5.83. The summed E-state index contributed by atoms with van der Waals surface area (Å²) in [7, 11) is 0. The van der Waals surface area contributed by atoms with E-state index in [0.717, 1.165) is 22.4 Å². The van der Waals surface area contributed by atoms with Crippen LogP contribution in [0.25, 0.3) is 0 Å². The molecule has 126 valence electrons. The number of benzene rings is 2. The molecular weight excluding hydrogens is 304 g/mol. The molecule has 0 radical (unpaired) electrons. The average Bonchev–Trinajstić information content (AvgIpc) is 2.57. The molecule has 2 aromatic carbocycles. The second kappa shape index (κ2) is 8.72. The van der Waals surface area contributed by atoms with E-state index >= 15 is 0 Å². The normalized spacial score (nSPS) is 10.6. The van der Waals surface area contributed by atoms with Crippen LogP contribution >= 0.6 is 0 Å². The van der Waals surface area contributed by atoms with Crippen molar-refractivity contribution in [2.24, 2.45) is 5.10 Å². The second-order valence-electron chi connectivity index (χ2n) is 5.35. The van der Waals surface area contributed by atoms with E-state index in [9.17, 15) is 4.79 Å². The van der Waals surface area contributed by atoms with Crippen molar-refractivity contribution < 1.29 is 14.3 Å². The van der Waals surface area contributed by atoms with Gasteiger partial charge in [-0.1, -0.05) is 12.1 Å². The lowest BCUT2D eigenvalue weighted by Gasteiger charge is -2.08. The maximum absolute atomic E-state index is 11.8. The number of carbonyl (C=O) groups excluding carboxylic acids is 1. The Morgan fingerprint density at radius 1 is 1.12 bits per heavy atom. The Morgan fingerprint density at radius 3 is 2.58 bits per heavy atom. The summed E-state index contributed by atoms with van der Waals surface area (Å²) in [5, 5.41) is 3.92. The molecule has 0 bridgehead atoms. The van der Waals surface area contributed by atoms with Gasteiger partial charge in [-0.3, -0.25) is 4.79 Å². The van der Waals surface area contributed by atoms with Crippen LogP contribution in [0.1, 0.15) is 23.6 Å². The first-order valence-electron chi connectivity index (χ1n) is 7.83. The van der Waals surface area contributed by atoms with Gasteiger partial charge in [0.1, 0.15) is 11.5 Å². The molecule has 0 aromatic heterocycles. The predicted molar refractivity (Wildman–Crippen MR) is 94.8 cm³/mol. The molecule has 0 heterocycles. The third kappa shape index (κ3) is 5.43. The molecule has 2 rings (SSSR count). The van der Waals surface area contributed by atoms with Gasteiger partial charge in [0.05, 0.1) is 12.8 Å². The van der Waals surface area contributed by atoms with Crippen molar-refractivity contribution >= 4 is 12.1 Å². The molecule has 0 unspecified atom stereocenters. The van der Waals surface area contributed by atoms with E-state index in [-0.39, 0.29) is 12.5 Å². The van der Waals surface area contributed by atoms with Crippen molar-refractivity contribution in [1.82, 2.24) is 5.43 Å². The van der Waals surface area contributed by atoms with E-state index in [4.69, 9.17) is 9.47 Å². The van der Waals surface area contributed by atoms with E-state index < -0.39 is 0 Å². The standard InChI is InChI=1S/C19H22N2O3/c1-4-23-17-9-7-16(8-10-17)12-20-21-19(22)13-24-18-11-14(2)5-6-15(18)3/h5-12H,4,13H2,1-3H3,(H,21,22)/b20-12-. The Labute approximate surface area is 142 Å². The minimum Gasteiger partial charge on any atom is -0.494 e. The molecule has 5 nitrogen and oxygen atoms in total. The summed E-state index contributed by atoms with van der Waals surface area (Å²) in [5.41, 5.74) is 5.40. The topological polar surface area (TPSA) is 59.9 Å². The second-order valence-corrected chi connectivity index (χ2v) is 5.35. The first-order valence-corrected chi connectivity index (χ1v) is 7.83. The molecule has 0 aliphatic heterocycles. The molecule has 0 fully saturated rings. The van der Waals surface area contributed by atoms with Gasteiger partial charge in [-0.25, -0.2) is 5.43 Å². The number of nitrogens with zero attached hydrogens (tertiary/aromatic N) is 1. The maximum atomic E-state index is 11.8. The number of carbonyl (C=O) groups is 1. The van der Waals surface area contributed by atoms with Gasteiger partial charge in [0.15, 0.2) is 6.61 Å². The highest BCUT2D eigenvalue weighted by atomic mass is 16.5. The fraction of sp³-hybridized carbons (Fsp3) is 0.263. The predicted octanol–water partition coefficient (Wildman–Crippen LogP) is 3.23. The van der Waals surface area contributed by atoms with Gasteiger partial charge in [0, 0.05) is 0 Å². The maximum Gasteiger partial charge on any atom is 0.277 e. The highest BCUT2D eigenvalue weighted by Crippen LogP contribution is 2.18. The van der Waals surface area contributed by atoms with Crippen LogP contribution in [0.3, 0.4) is 0 Å². The monoisotopic (exact) mass is 326 g/mol. The number of nitrogens with one attached hydrogen (secondary N) is 1. The molecule has 0 saturated carbocycles. The van der Waals surface area contributed by atoms with E-state index in [2.05, 4.69) is 10.5 Å². The summed E-state index contributed by atoms with van der Waals surface area (Å²) >= 11 is 0. The Morgan fingerprint density at radius 2 is 1.88 bits per heavy atom. The van der Waals surface area contributed by atoms with Gasteiger partial charge < -0.3 is 9.47 Å². The molecule has 1 N–H and O–H groups in total. The summed E-state index contributed by atoms with van der Waals surface area (Å²) in [6, 6.07) is 13.3. The molecular formula is C19H22N2O3. The van der Waals surface area contributed by atoms with Crippen LogP contribution in [0, 0.1) is 13.8 Å². The quantitative estimate of drug-likeness (QED) is 0.628. The molecule has 0 saturated heterocycles. The summed E-state index contributed by atoms with van der Waals surface area (Å²) in [5.74, 6) is 1.21. The molecule has 24 heavy (non-hydrogen) atoms. The molecule has 0 aliphatic carbocycles. The van der Waals surface area contributed by atoms with Crippen molar-refractivity contribution in [2.45, 2.75) is 20.8 Å². The van der Waals surface area contributed by atoms with Gasteiger partial charge in [0.2, 0.25) is 0 Å². The lowest BCUT2D eigenvalue weighted by atomic mass is 10.1. The zero-order valence-electron chi connectivity index (χ0n) is 14.2. The summed E-state index contributed by atoms with van der Waals surface area (Å²) in [6.07, 6.45) is 1.57. The third-order valence-corrected chi connectivity index (χ3v) is 3.30. The van der Waals surface area contributed by atoms with Gasteiger partial charge in [0.25, 0.3) is 5.91 Å². The minimum absolute atomic E-state index is 0.0785. The van der Waals surface area contributed by atoms with Crippen molar-refractivity contribution in [3.05, 3.63) is 59.2 Å². The van der Waals surface area contributed by atoms with Crippen molar-refractivity contribution in [2.75, 3.05) is 13.2 Å². The molecule has 5 heteroatoms. The molecule has 0 atom stereocenters. The van der Waals surface area contributed by atoms with Crippen molar-refractivity contribution in [1.29, 1.82) is 0 Å². The Hall–Kier alpha value is -2.82. The van der Waals surface area contributed by atoms with Gasteiger partial charge in [-0.05, 0) is 67.8 Å². The van der Waals surface area contributed by atoms with Crippen molar-refractivity contribution in [3.63, 3.8) is 0 Å². The smallest absolute Gasteiger partial charge is 0.277 e. The first-order chi connectivity index (χ1) is 11.6. The zero-order valence-corrected chi connectivity index (χ0v) is 14.2. The summed E-state index contributed by atoms with van der Waals surface area (Å²) < 4.78 is 10.9.